The topological polar surface area (TPSA) is 76.1 Å². The molecule has 1 amide bonds. The van der Waals surface area contributed by atoms with Crippen LogP contribution < -0.4 is 5.32 Å². The van der Waals surface area contributed by atoms with Gasteiger partial charge in [0.2, 0.25) is 0 Å². The van der Waals surface area contributed by atoms with Crippen molar-refractivity contribution in [3.8, 4) is 0 Å². The summed E-state index contributed by atoms with van der Waals surface area (Å²) in [4.78, 5) is 12.2. The molecule has 85 valence electrons. The predicted molar refractivity (Wildman–Crippen MR) is 59.9 cm³/mol. The molecule has 2 atom stereocenters. The number of amides is 1. The van der Waals surface area contributed by atoms with E-state index in [-0.39, 0.29) is 5.25 Å². The summed E-state index contributed by atoms with van der Waals surface area (Å²) in [6.45, 7) is 3.72. The maximum atomic E-state index is 10.2. The van der Waals surface area contributed by atoms with Gasteiger partial charge in [-0.1, -0.05) is 0 Å². The Kier molecular flexibility index (Phi) is 4.26. The first-order chi connectivity index (χ1) is 7.00. The third-order valence-corrected chi connectivity index (χ3v) is 3.30. The summed E-state index contributed by atoms with van der Waals surface area (Å²) in [5, 5.41) is 19.9. The molecular weight excluding hydrogens is 214 g/mol. The number of likely N-dealkylation sites (tertiary alicyclic amines) is 1. The Balaban J connectivity index is 2.33. The molecule has 0 spiro atoms. The second kappa shape index (κ2) is 5.25. The average Bonchev–Trinajstić information content (AvgIpc) is 2.62. The zero-order valence-electron chi connectivity index (χ0n) is 8.69. The van der Waals surface area contributed by atoms with Crippen LogP contribution >= 0.6 is 12.6 Å². The smallest absolute Gasteiger partial charge is 0.360 e. The highest BCUT2D eigenvalue weighted by Crippen LogP contribution is 2.22. The number of rotatable bonds is 3. The first-order valence-electron chi connectivity index (χ1n) is 4.93. The van der Waals surface area contributed by atoms with E-state index in [4.69, 9.17) is 5.41 Å². The molecule has 2 unspecified atom stereocenters. The van der Waals surface area contributed by atoms with Crippen molar-refractivity contribution in [2.45, 2.75) is 18.6 Å². The lowest BCUT2D eigenvalue weighted by atomic mass is 10.0. The van der Waals surface area contributed by atoms with E-state index in [1.807, 2.05) is 4.90 Å². The maximum Gasteiger partial charge on any atom is 0.450 e. The maximum absolute atomic E-state index is 10.2. The van der Waals surface area contributed by atoms with E-state index >= 15 is 0 Å². The quantitative estimate of drug-likeness (QED) is 0.380. The highest BCUT2D eigenvalue weighted by molar-refractivity contribution is 7.81. The van der Waals surface area contributed by atoms with Crippen molar-refractivity contribution in [3.05, 3.63) is 0 Å². The fourth-order valence-electron chi connectivity index (χ4n) is 1.76. The lowest BCUT2D eigenvalue weighted by Gasteiger charge is -2.19. The van der Waals surface area contributed by atoms with E-state index in [1.54, 1.807) is 6.92 Å². The summed E-state index contributed by atoms with van der Waals surface area (Å²) >= 11 is 4.36. The summed E-state index contributed by atoms with van der Waals surface area (Å²) in [6.07, 6.45) is -0.300. The van der Waals surface area contributed by atoms with Gasteiger partial charge >= 0.3 is 6.09 Å². The predicted octanol–water partition coefficient (Wildman–Crippen LogP) is 0.744. The molecule has 15 heavy (non-hydrogen) atoms. The minimum absolute atomic E-state index is 0.00718. The van der Waals surface area contributed by atoms with Gasteiger partial charge in [-0.15, -0.1) is 0 Å². The van der Waals surface area contributed by atoms with E-state index in [9.17, 15) is 9.90 Å². The monoisotopic (exact) mass is 230 g/mol. The van der Waals surface area contributed by atoms with Crippen LogP contribution in [0.2, 0.25) is 0 Å². The summed E-state index contributed by atoms with van der Waals surface area (Å²) in [7, 11) is 0. The van der Waals surface area contributed by atoms with Gasteiger partial charge in [0.15, 0.2) is 0 Å². The second-order valence-electron chi connectivity index (χ2n) is 3.82. The van der Waals surface area contributed by atoms with Crippen molar-refractivity contribution in [1.82, 2.24) is 10.2 Å². The summed E-state index contributed by atoms with van der Waals surface area (Å²) in [6, 6.07) is 0. The summed E-state index contributed by atoms with van der Waals surface area (Å²) in [5.74, 6) is 0.895. The fourth-order valence-corrected chi connectivity index (χ4v) is 2.10. The number of hydrogen-bond donors (Lipinski definition) is 3. The van der Waals surface area contributed by atoms with Gasteiger partial charge in [0.05, 0.1) is 5.84 Å². The molecule has 0 saturated carbocycles. The Morgan fingerprint density at radius 3 is 2.87 bits per heavy atom. The van der Waals surface area contributed by atoms with Crippen LogP contribution in [0.1, 0.15) is 13.3 Å². The number of hydrogen-bond acceptors (Lipinski definition) is 3. The number of amidine groups is 1. The fraction of sp³-hybridized carbons (Fsp3) is 0.778. The van der Waals surface area contributed by atoms with Gasteiger partial charge in [-0.2, -0.15) is 12.6 Å². The molecule has 5 nitrogen and oxygen atoms in total. The van der Waals surface area contributed by atoms with E-state index < -0.39 is 6.09 Å². The Bertz CT molecular complexity index is 260. The SMILES string of the molecule is CC(=N)N1CCC(C(S)CNC([O])=O)C1. The summed E-state index contributed by atoms with van der Waals surface area (Å²) < 4.78 is 0. The van der Waals surface area contributed by atoms with Crippen molar-refractivity contribution in [2.75, 3.05) is 19.6 Å². The minimum atomic E-state index is -1.26. The molecule has 0 bridgehead atoms. The van der Waals surface area contributed by atoms with Gasteiger partial charge in [0.25, 0.3) is 0 Å². The zero-order valence-corrected chi connectivity index (χ0v) is 9.59. The molecule has 1 radical (unpaired) electrons. The number of carbonyl (C=O) groups is 1. The second-order valence-corrected chi connectivity index (χ2v) is 4.48. The number of nitrogens with one attached hydrogen (secondary N) is 2. The molecule has 0 aromatic heterocycles. The third kappa shape index (κ3) is 3.62. The van der Waals surface area contributed by atoms with Crippen LogP contribution in [0.3, 0.4) is 0 Å². The Morgan fingerprint density at radius 2 is 2.40 bits per heavy atom. The molecule has 2 N–H and O–H groups in total. The molecule has 1 rings (SSSR count). The minimum Gasteiger partial charge on any atom is -0.360 e. The van der Waals surface area contributed by atoms with Gasteiger partial charge in [-0.3, -0.25) is 5.41 Å². The molecule has 1 saturated heterocycles. The Labute approximate surface area is 94.8 Å². The van der Waals surface area contributed by atoms with Gasteiger partial charge in [-0.25, -0.2) is 9.90 Å². The Morgan fingerprint density at radius 1 is 1.73 bits per heavy atom. The van der Waals surface area contributed by atoms with Gasteiger partial charge in [0, 0.05) is 24.9 Å². The molecular formula is C9H16N3O2S. The van der Waals surface area contributed by atoms with Crippen molar-refractivity contribution >= 4 is 24.6 Å². The molecule has 1 heterocycles. The molecule has 1 aliphatic heterocycles. The first kappa shape index (κ1) is 12.2. The van der Waals surface area contributed by atoms with E-state index in [2.05, 4.69) is 17.9 Å². The number of thiol groups is 1. The molecule has 1 fully saturated rings. The van der Waals surface area contributed by atoms with Crippen molar-refractivity contribution in [2.24, 2.45) is 5.92 Å². The van der Waals surface area contributed by atoms with Gasteiger partial charge in [0.1, 0.15) is 0 Å². The van der Waals surface area contributed by atoms with Crippen LogP contribution in [0.25, 0.3) is 0 Å². The third-order valence-electron chi connectivity index (χ3n) is 2.70. The van der Waals surface area contributed by atoms with Gasteiger partial charge < -0.3 is 10.2 Å². The van der Waals surface area contributed by atoms with Crippen molar-refractivity contribution in [1.29, 1.82) is 5.41 Å². The normalized spacial score (nSPS) is 22.5. The summed E-state index contributed by atoms with van der Waals surface area (Å²) in [5.41, 5.74) is 0. The van der Waals surface area contributed by atoms with Crippen LogP contribution in [0.4, 0.5) is 4.79 Å². The van der Waals surface area contributed by atoms with Gasteiger partial charge in [-0.05, 0) is 19.3 Å². The number of carbonyl (C=O) groups excluding carboxylic acids is 1. The first-order valence-corrected chi connectivity index (χ1v) is 5.45. The van der Waals surface area contributed by atoms with Crippen molar-refractivity contribution in [3.63, 3.8) is 0 Å². The highest BCUT2D eigenvalue weighted by atomic mass is 32.1. The van der Waals surface area contributed by atoms with E-state index in [0.717, 1.165) is 19.5 Å². The molecule has 0 aromatic carbocycles. The molecule has 6 heteroatoms. The Hall–Kier alpha value is -0.910. The van der Waals surface area contributed by atoms with Crippen LogP contribution in [-0.2, 0) is 5.11 Å². The average molecular weight is 230 g/mol. The van der Waals surface area contributed by atoms with Crippen LogP contribution in [0.5, 0.6) is 0 Å². The van der Waals surface area contributed by atoms with Crippen LogP contribution in [0.15, 0.2) is 0 Å². The highest BCUT2D eigenvalue weighted by Gasteiger charge is 2.27. The molecule has 0 aliphatic carbocycles. The van der Waals surface area contributed by atoms with Crippen LogP contribution in [0, 0.1) is 11.3 Å². The standard InChI is InChI=1S/C9H16N3O2S/c1-6(10)12-3-2-7(5-12)8(15)4-11-9(13)14/h7-8,10-11,15H,2-5H2,1H3. The van der Waals surface area contributed by atoms with Crippen molar-refractivity contribution < 1.29 is 9.90 Å². The van der Waals surface area contributed by atoms with E-state index in [1.165, 1.54) is 0 Å². The molecule has 1 aliphatic rings. The zero-order chi connectivity index (χ0) is 11.4. The van der Waals surface area contributed by atoms with Crippen LogP contribution in [-0.4, -0.2) is 41.7 Å². The lowest BCUT2D eigenvalue weighted by Crippen LogP contribution is -2.34. The van der Waals surface area contributed by atoms with E-state index in [0.29, 0.717) is 18.3 Å². The lowest BCUT2D eigenvalue weighted by molar-refractivity contribution is 0.168. The number of nitrogens with zero attached hydrogens (tertiary/aromatic N) is 1. The largest absolute Gasteiger partial charge is 0.450 e. The molecule has 0 aromatic rings.